The van der Waals surface area contributed by atoms with E-state index in [4.69, 9.17) is 4.74 Å². The van der Waals surface area contributed by atoms with E-state index in [0.717, 1.165) is 5.92 Å². The number of likely N-dealkylation sites (tertiary alicyclic amines) is 1. The fourth-order valence-electron chi connectivity index (χ4n) is 3.30. The molecule has 0 radical (unpaired) electrons. The Bertz CT molecular complexity index is 253. The molecule has 2 fully saturated rings. The van der Waals surface area contributed by atoms with Gasteiger partial charge in [-0.3, -0.25) is 0 Å². The van der Waals surface area contributed by atoms with Gasteiger partial charge < -0.3 is 15.0 Å². The Kier molecular flexibility index (Phi) is 5.67. The molecule has 0 aromatic rings. The number of rotatable bonds is 6. The topological polar surface area (TPSA) is 24.5 Å². The van der Waals surface area contributed by atoms with E-state index in [-0.39, 0.29) is 0 Å². The van der Waals surface area contributed by atoms with E-state index in [9.17, 15) is 0 Å². The smallest absolute Gasteiger partial charge is 0.0608 e. The molecule has 0 bridgehead atoms. The van der Waals surface area contributed by atoms with Crippen molar-refractivity contribution in [2.24, 2.45) is 5.92 Å². The minimum Gasteiger partial charge on any atom is -0.375 e. The van der Waals surface area contributed by atoms with Crippen LogP contribution in [0.3, 0.4) is 0 Å². The van der Waals surface area contributed by atoms with Crippen molar-refractivity contribution in [1.82, 2.24) is 10.2 Å². The summed E-state index contributed by atoms with van der Waals surface area (Å²) in [6.07, 6.45) is 5.93. The van der Waals surface area contributed by atoms with Gasteiger partial charge >= 0.3 is 0 Å². The normalized spacial score (nSPS) is 30.0. The lowest BCUT2D eigenvalue weighted by Crippen LogP contribution is -2.50. The lowest BCUT2D eigenvalue weighted by atomic mass is 9.88. The first-order valence-corrected chi connectivity index (χ1v) is 8.16. The van der Waals surface area contributed by atoms with Crippen molar-refractivity contribution in [2.45, 2.75) is 77.7 Å². The number of nitrogens with zero attached hydrogens (tertiary/aromatic N) is 1. The molecule has 3 nitrogen and oxygen atoms in total. The second-order valence-electron chi connectivity index (χ2n) is 7.14. The number of ether oxygens (including phenoxy) is 1. The summed E-state index contributed by atoms with van der Waals surface area (Å²) in [5.74, 6) is 0.784. The summed E-state index contributed by atoms with van der Waals surface area (Å²) >= 11 is 0. The third-order valence-electron chi connectivity index (χ3n) is 4.21. The molecule has 2 aliphatic rings. The van der Waals surface area contributed by atoms with Crippen LogP contribution in [-0.2, 0) is 4.74 Å². The van der Waals surface area contributed by atoms with Gasteiger partial charge in [-0.2, -0.15) is 0 Å². The van der Waals surface area contributed by atoms with Crippen molar-refractivity contribution in [3.63, 3.8) is 0 Å². The summed E-state index contributed by atoms with van der Waals surface area (Å²) in [4.78, 5) is 2.59. The Morgan fingerprint density at radius 1 is 1.05 bits per heavy atom. The summed E-state index contributed by atoms with van der Waals surface area (Å²) in [5, 5.41) is 3.59. The van der Waals surface area contributed by atoms with Gasteiger partial charge in [-0.05, 0) is 31.6 Å². The second kappa shape index (κ2) is 7.05. The van der Waals surface area contributed by atoms with Crippen LogP contribution in [0.4, 0.5) is 0 Å². The summed E-state index contributed by atoms with van der Waals surface area (Å²) in [6.45, 7) is 12.7. The van der Waals surface area contributed by atoms with E-state index in [1.54, 1.807) is 0 Å². The van der Waals surface area contributed by atoms with E-state index in [2.05, 4.69) is 37.9 Å². The summed E-state index contributed by atoms with van der Waals surface area (Å²) in [7, 11) is 0. The Labute approximate surface area is 119 Å². The minimum absolute atomic E-state index is 0.522. The summed E-state index contributed by atoms with van der Waals surface area (Å²) in [5.41, 5.74) is 0. The Morgan fingerprint density at radius 3 is 2.21 bits per heavy atom. The largest absolute Gasteiger partial charge is 0.375 e. The SMILES string of the molecule is CC(C)CN1CCC(OC2CC(NC(C)C)C2)CC1. The van der Waals surface area contributed by atoms with E-state index in [0.29, 0.717) is 24.3 Å². The predicted molar refractivity (Wildman–Crippen MR) is 80.5 cm³/mol. The van der Waals surface area contributed by atoms with E-state index >= 15 is 0 Å². The molecule has 1 N–H and O–H groups in total. The number of hydrogen-bond acceptors (Lipinski definition) is 3. The lowest BCUT2D eigenvalue weighted by Gasteiger charge is -2.41. The van der Waals surface area contributed by atoms with Gasteiger partial charge in [-0.15, -0.1) is 0 Å². The molecule has 1 aliphatic heterocycles. The van der Waals surface area contributed by atoms with E-state index < -0.39 is 0 Å². The van der Waals surface area contributed by atoms with Gasteiger partial charge in [0.2, 0.25) is 0 Å². The van der Waals surface area contributed by atoms with Crippen LogP contribution in [0.25, 0.3) is 0 Å². The monoisotopic (exact) mass is 268 g/mol. The van der Waals surface area contributed by atoms with Gasteiger partial charge in [0.1, 0.15) is 0 Å². The third-order valence-corrected chi connectivity index (χ3v) is 4.21. The maximum atomic E-state index is 6.23. The van der Waals surface area contributed by atoms with Gasteiger partial charge in [0.05, 0.1) is 12.2 Å². The number of hydrogen-bond donors (Lipinski definition) is 1. The van der Waals surface area contributed by atoms with Crippen molar-refractivity contribution in [3.8, 4) is 0 Å². The number of piperidine rings is 1. The van der Waals surface area contributed by atoms with Gasteiger partial charge in [-0.25, -0.2) is 0 Å². The van der Waals surface area contributed by atoms with E-state index in [1.807, 2.05) is 0 Å². The molecule has 19 heavy (non-hydrogen) atoms. The molecule has 1 heterocycles. The second-order valence-corrected chi connectivity index (χ2v) is 7.14. The Morgan fingerprint density at radius 2 is 1.68 bits per heavy atom. The molecular weight excluding hydrogens is 236 g/mol. The predicted octanol–water partition coefficient (Wildman–Crippen LogP) is 2.65. The fourth-order valence-corrected chi connectivity index (χ4v) is 3.30. The van der Waals surface area contributed by atoms with Crippen LogP contribution in [0.5, 0.6) is 0 Å². The van der Waals surface area contributed by atoms with Crippen molar-refractivity contribution < 1.29 is 4.74 Å². The Hall–Kier alpha value is -0.120. The van der Waals surface area contributed by atoms with E-state index in [1.165, 1.54) is 45.3 Å². The van der Waals surface area contributed by atoms with Gasteiger partial charge in [0.25, 0.3) is 0 Å². The highest BCUT2D eigenvalue weighted by molar-refractivity contribution is 4.88. The maximum Gasteiger partial charge on any atom is 0.0608 e. The number of nitrogens with one attached hydrogen (secondary N) is 1. The first-order valence-electron chi connectivity index (χ1n) is 8.16. The molecule has 0 atom stereocenters. The van der Waals surface area contributed by atoms with Crippen LogP contribution in [0.1, 0.15) is 53.4 Å². The fraction of sp³-hybridized carbons (Fsp3) is 1.00. The zero-order valence-corrected chi connectivity index (χ0v) is 13.2. The molecular formula is C16H32N2O. The van der Waals surface area contributed by atoms with Crippen molar-refractivity contribution in [1.29, 1.82) is 0 Å². The minimum atomic E-state index is 0.522. The highest BCUT2D eigenvalue weighted by Crippen LogP contribution is 2.27. The molecule has 1 saturated heterocycles. The molecule has 2 rings (SSSR count). The van der Waals surface area contributed by atoms with Crippen LogP contribution in [0.2, 0.25) is 0 Å². The molecule has 0 unspecified atom stereocenters. The standard InChI is InChI=1S/C16H32N2O/c1-12(2)11-18-7-5-15(6-8-18)19-16-9-14(10-16)17-13(3)4/h12-17H,5-11H2,1-4H3. The van der Waals surface area contributed by atoms with Crippen LogP contribution < -0.4 is 5.32 Å². The van der Waals surface area contributed by atoms with Crippen molar-refractivity contribution in [3.05, 3.63) is 0 Å². The molecule has 0 aromatic heterocycles. The van der Waals surface area contributed by atoms with Crippen LogP contribution >= 0.6 is 0 Å². The van der Waals surface area contributed by atoms with Crippen LogP contribution in [0.15, 0.2) is 0 Å². The van der Waals surface area contributed by atoms with Gasteiger partial charge in [-0.1, -0.05) is 27.7 Å². The van der Waals surface area contributed by atoms with Gasteiger partial charge in [0, 0.05) is 31.7 Å². The highest BCUT2D eigenvalue weighted by Gasteiger charge is 2.32. The molecule has 112 valence electrons. The molecule has 0 amide bonds. The van der Waals surface area contributed by atoms with Crippen molar-refractivity contribution in [2.75, 3.05) is 19.6 Å². The molecule has 0 aromatic carbocycles. The summed E-state index contributed by atoms with van der Waals surface area (Å²) < 4.78 is 6.23. The average Bonchev–Trinajstić information content (AvgIpc) is 2.27. The quantitative estimate of drug-likeness (QED) is 0.801. The lowest BCUT2D eigenvalue weighted by molar-refractivity contribution is -0.0855. The van der Waals surface area contributed by atoms with Crippen molar-refractivity contribution >= 4 is 0 Å². The first kappa shape index (κ1) is 15.3. The van der Waals surface area contributed by atoms with Crippen LogP contribution in [-0.4, -0.2) is 48.8 Å². The molecule has 0 spiro atoms. The maximum absolute atomic E-state index is 6.23. The Balaban J connectivity index is 1.57. The zero-order chi connectivity index (χ0) is 13.8. The summed E-state index contributed by atoms with van der Waals surface area (Å²) in [6, 6.07) is 1.30. The third kappa shape index (κ3) is 5.05. The molecule has 3 heteroatoms. The first-order chi connectivity index (χ1) is 9.02. The van der Waals surface area contributed by atoms with Crippen LogP contribution in [0, 0.1) is 5.92 Å². The average molecular weight is 268 g/mol. The highest BCUT2D eigenvalue weighted by atomic mass is 16.5. The molecule has 1 aliphatic carbocycles. The molecule has 1 saturated carbocycles. The zero-order valence-electron chi connectivity index (χ0n) is 13.2. The van der Waals surface area contributed by atoms with Gasteiger partial charge in [0.15, 0.2) is 0 Å².